The van der Waals surface area contributed by atoms with Crippen molar-refractivity contribution in [2.24, 2.45) is 39.4 Å². The second-order valence-electron chi connectivity index (χ2n) is 17.1. The average Bonchev–Trinajstić information content (AvgIpc) is 3.11. The number of fused-ring (bicyclic) bond motifs is 5. The van der Waals surface area contributed by atoms with E-state index in [0.29, 0.717) is 45.7 Å². The van der Waals surface area contributed by atoms with E-state index in [-0.39, 0.29) is 17.6 Å². The van der Waals surface area contributed by atoms with Crippen LogP contribution in [-0.4, -0.2) is 60.3 Å². The van der Waals surface area contributed by atoms with E-state index in [1.165, 1.54) is 36.8 Å². The van der Waals surface area contributed by atoms with Gasteiger partial charge < -0.3 is 19.6 Å². The van der Waals surface area contributed by atoms with Crippen molar-refractivity contribution in [3.05, 3.63) is 29.3 Å². The van der Waals surface area contributed by atoms with Crippen LogP contribution in [0.25, 0.3) is 0 Å². The first-order valence-electron chi connectivity index (χ1n) is 16.1. The highest BCUT2D eigenvalue weighted by Crippen LogP contribution is 2.63. The fourth-order valence-corrected chi connectivity index (χ4v) is 10.5. The minimum Gasteiger partial charge on any atom is -0.410 e. The average molecular weight is 551 g/mol. The molecule has 40 heavy (non-hydrogen) atoms. The third-order valence-electron chi connectivity index (χ3n) is 11.8. The second-order valence-corrected chi connectivity index (χ2v) is 17.1. The molecular formula is C35H54N2O3. The predicted octanol–water partition coefficient (Wildman–Crippen LogP) is 7.12. The Morgan fingerprint density at radius 2 is 1.80 bits per heavy atom. The molecule has 0 bridgehead atoms. The van der Waals surface area contributed by atoms with Gasteiger partial charge in [-0.05, 0) is 122 Å². The van der Waals surface area contributed by atoms with Crippen LogP contribution in [0.1, 0.15) is 104 Å². The van der Waals surface area contributed by atoms with Gasteiger partial charge in [0.15, 0.2) is 0 Å². The fraction of sp³-hybridized carbons (Fsp3) is 0.800. The van der Waals surface area contributed by atoms with Crippen LogP contribution in [-0.2, 0) is 6.42 Å². The lowest BCUT2D eigenvalue weighted by atomic mass is 9.51. The van der Waals surface area contributed by atoms with E-state index in [1.807, 2.05) is 11.0 Å². The number of benzene rings is 1. The van der Waals surface area contributed by atoms with Crippen molar-refractivity contribution in [1.82, 2.24) is 9.80 Å². The van der Waals surface area contributed by atoms with Crippen molar-refractivity contribution >= 4 is 6.09 Å². The van der Waals surface area contributed by atoms with E-state index in [2.05, 4.69) is 65.6 Å². The SMILES string of the molecule is CN1CC2(C1)CN(C(=O)Oc1ccc3c(c1)CC(CCC(C)(C)CC(C)(C)C)C1C4CCC(O)C4(C)CC[C@H]31)C2. The summed E-state index contributed by atoms with van der Waals surface area (Å²) in [5.74, 6) is 3.12. The Balaban J connectivity index is 1.21. The van der Waals surface area contributed by atoms with E-state index in [4.69, 9.17) is 4.74 Å². The maximum atomic E-state index is 12.9. The molecule has 2 saturated carbocycles. The number of aliphatic hydroxyl groups is 1. The van der Waals surface area contributed by atoms with Gasteiger partial charge in [-0.3, -0.25) is 0 Å². The highest BCUT2D eigenvalue weighted by molar-refractivity contribution is 5.72. The van der Waals surface area contributed by atoms with Crippen LogP contribution >= 0.6 is 0 Å². The molecule has 1 aromatic carbocycles. The first kappa shape index (κ1) is 28.5. The Bertz CT molecular complexity index is 1120. The maximum Gasteiger partial charge on any atom is 0.415 e. The smallest absolute Gasteiger partial charge is 0.410 e. The summed E-state index contributed by atoms with van der Waals surface area (Å²) in [7, 11) is 2.14. The lowest BCUT2D eigenvalue weighted by Gasteiger charge is -2.58. The van der Waals surface area contributed by atoms with Crippen molar-refractivity contribution in [2.75, 3.05) is 33.2 Å². The molecule has 5 nitrogen and oxygen atoms in total. The molecule has 2 saturated heterocycles. The van der Waals surface area contributed by atoms with Crippen molar-refractivity contribution in [2.45, 2.75) is 105 Å². The Labute approximate surface area is 243 Å². The van der Waals surface area contributed by atoms with Crippen LogP contribution in [0.3, 0.4) is 0 Å². The number of rotatable bonds is 5. The largest absolute Gasteiger partial charge is 0.415 e. The Kier molecular flexibility index (Phi) is 6.94. The zero-order chi connectivity index (χ0) is 28.7. The number of hydrogen-bond acceptors (Lipinski definition) is 4. The summed E-state index contributed by atoms with van der Waals surface area (Å²) in [6.45, 7) is 18.2. The predicted molar refractivity (Wildman–Crippen MR) is 161 cm³/mol. The van der Waals surface area contributed by atoms with E-state index in [9.17, 15) is 9.90 Å². The summed E-state index contributed by atoms with van der Waals surface area (Å²) in [5.41, 5.74) is 3.90. The quantitative estimate of drug-likeness (QED) is 0.424. The van der Waals surface area contributed by atoms with Gasteiger partial charge in [0.2, 0.25) is 0 Å². The first-order valence-corrected chi connectivity index (χ1v) is 16.1. The highest BCUT2D eigenvalue weighted by Gasteiger charge is 2.57. The molecule has 1 spiro atoms. The van der Waals surface area contributed by atoms with Crippen molar-refractivity contribution in [1.29, 1.82) is 0 Å². The van der Waals surface area contributed by atoms with E-state index in [1.54, 1.807) is 0 Å². The summed E-state index contributed by atoms with van der Waals surface area (Å²) < 4.78 is 5.95. The molecule has 5 heteroatoms. The van der Waals surface area contributed by atoms with Gasteiger partial charge in [0.25, 0.3) is 0 Å². The Hall–Kier alpha value is -1.59. The summed E-state index contributed by atoms with van der Waals surface area (Å²) in [6, 6.07) is 6.52. The molecule has 1 N–H and O–H groups in total. The lowest BCUT2D eigenvalue weighted by molar-refractivity contribution is -0.0891. The number of hydrogen-bond donors (Lipinski definition) is 1. The van der Waals surface area contributed by atoms with Gasteiger partial charge in [0, 0.05) is 31.6 Å². The van der Waals surface area contributed by atoms with Gasteiger partial charge >= 0.3 is 6.09 Å². The molecule has 1 aromatic rings. The molecular weight excluding hydrogens is 496 g/mol. The third kappa shape index (κ3) is 5.12. The highest BCUT2D eigenvalue weighted by atomic mass is 16.6. The van der Waals surface area contributed by atoms with E-state index in [0.717, 1.165) is 51.9 Å². The van der Waals surface area contributed by atoms with Crippen LogP contribution in [0.4, 0.5) is 4.79 Å². The van der Waals surface area contributed by atoms with Crippen LogP contribution < -0.4 is 4.74 Å². The Morgan fingerprint density at radius 3 is 2.48 bits per heavy atom. The van der Waals surface area contributed by atoms with Gasteiger partial charge in [-0.15, -0.1) is 0 Å². The summed E-state index contributed by atoms with van der Waals surface area (Å²) in [6.07, 6.45) is 8.82. The summed E-state index contributed by atoms with van der Waals surface area (Å²) >= 11 is 0. The molecule has 4 fully saturated rings. The molecule has 0 radical (unpaired) electrons. The topological polar surface area (TPSA) is 53.0 Å². The van der Waals surface area contributed by atoms with Crippen LogP contribution in [0.2, 0.25) is 0 Å². The van der Waals surface area contributed by atoms with Gasteiger partial charge in [-0.2, -0.15) is 0 Å². The van der Waals surface area contributed by atoms with Crippen molar-refractivity contribution in [3.8, 4) is 5.75 Å². The zero-order valence-electron chi connectivity index (χ0n) is 26.3. The number of carbonyl (C=O) groups is 1. The standard InChI is InChI=1S/C35H54N2O3/c1-32(2,3)18-33(4,5)14-12-23-16-24-17-25(40-31(39)37-21-35(22-37)19-36(7)20-35)8-9-26(24)27-13-15-34(6)28(30(23)27)10-11-29(34)38/h8-9,17,23,27-30,38H,10-16,18-22H2,1-7H3/t23?,27-,28?,29?,30?,34?/m1/s1. The molecule has 0 aromatic heterocycles. The monoisotopic (exact) mass is 550 g/mol. The minimum atomic E-state index is -0.192. The van der Waals surface area contributed by atoms with Crippen LogP contribution in [0.5, 0.6) is 5.75 Å². The maximum absolute atomic E-state index is 12.9. The zero-order valence-corrected chi connectivity index (χ0v) is 26.3. The minimum absolute atomic E-state index is 0.0666. The van der Waals surface area contributed by atoms with Crippen LogP contribution in [0, 0.1) is 39.4 Å². The molecule has 3 aliphatic carbocycles. The Morgan fingerprint density at radius 1 is 1.07 bits per heavy atom. The molecule has 5 aliphatic rings. The van der Waals surface area contributed by atoms with E-state index < -0.39 is 0 Å². The summed E-state index contributed by atoms with van der Waals surface area (Å²) in [4.78, 5) is 17.1. The van der Waals surface area contributed by atoms with Gasteiger partial charge in [-0.25, -0.2) is 4.79 Å². The van der Waals surface area contributed by atoms with Gasteiger partial charge in [0.05, 0.1) is 6.10 Å². The molecule has 6 atom stereocenters. The molecule has 2 aliphatic heterocycles. The molecule has 5 unspecified atom stereocenters. The number of amides is 1. The number of carbonyl (C=O) groups excluding carboxylic acids is 1. The molecule has 1 amide bonds. The van der Waals surface area contributed by atoms with Crippen molar-refractivity contribution < 1.29 is 14.6 Å². The lowest BCUT2D eigenvalue weighted by Crippen LogP contribution is -2.72. The summed E-state index contributed by atoms with van der Waals surface area (Å²) in [5, 5.41) is 11.0. The normalized spacial score (nSPS) is 34.9. The number of nitrogens with zero attached hydrogens (tertiary/aromatic N) is 2. The van der Waals surface area contributed by atoms with Crippen molar-refractivity contribution in [3.63, 3.8) is 0 Å². The second kappa shape index (κ2) is 9.73. The molecule has 222 valence electrons. The first-order chi connectivity index (χ1) is 18.7. The number of aliphatic hydroxyl groups excluding tert-OH is 1. The number of ether oxygens (including phenoxy) is 1. The van der Waals surface area contributed by atoms with Gasteiger partial charge in [0.1, 0.15) is 5.75 Å². The number of likely N-dealkylation sites (tertiary alicyclic amines) is 2. The third-order valence-corrected chi connectivity index (χ3v) is 11.8. The molecule has 2 heterocycles. The fourth-order valence-electron chi connectivity index (χ4n) is 10.5. The van der Waals surface area contributed by atoms with Gasteiger partial charge in [-0.1, -0.05) is 47.6 Å². The molecule has 6 rings (SSSR count). The van der Waals surface area contributed by atoms with Crippen LogP contribution in [0.15, 0.2) is 18.2 Å². The van der Waals surface area contributed by atoms with E-state index >= 15 is 0 Å².